The Morgan fingerprint density at radius 1 is 1.40 bits per heavy atom. The van der Waals surface area contributed by atoms with Gasteiger partial charge in [-0.1, -0.05) is 22.2 Å². The fraction of sp³-hybridized carbons (Fsp3) is 0.462. The molecule has 0 radical (unpaired) electrons. The Morgan fingerprint density at radius 3 is 2.65 bits per heavy atom. The summed E-state index contributed by atoms with van der Waals surface area (Å²) in [7, 11) is -2.48. The highest BCUT2D eigenvalue weighted by Gasteiger charge is 2.38. The maximum atomic E-state index is 12.5. The predicted octanol–water partition coefficient (Wildman–Crippen LogP) is 1.25. The summed E-state index contributed by atoms with van der Waals surface area (Å²) >= 11 is 0. The van der Waals surface area contributed by atoms with Crippen molar-refractivity contribution in [1.82, 2.24) is 4.47 Å². The molecule has 6 nitrogen and oxygen atoms in total. The summed E-state index contributed by atoms with van der Waals surface area (Å²) in [5.41, 5.74) is 0.970. The second-order valence-electron chi connectivity index (χ2n) is 4.63. The van der Waals surface area contributed by atoms with Gasteiger partial charge in [0.05, 0.1) is 31.1 Å². The standard InChI is InChI=1S/C13H17NO5S/c1-10-3-5-12(6-4-10)20(16,17)14-11(7-8-19-14)9-13(15)18-2/h3-6,11H,7-9H2,1-2H3. The Bertz CT molecular complexity index is 581. The summed E-state index contributed by atoms with van der Waals surface area (Å²) in [5.74, 6) is -0.454. The lowest BCUT2D eigenvalue weighted by atomic mass is 10.2. The number of carbonyl (C=O) groups is 1. The van der Waals surface area contributed by atoms with Gasteiger partial charge in [0, 0.05) is 0 Å². The maximum absolute atomic E-state index is 12.5. The summed E-state index contributed by atoms with van der Waals surface area (Å²) in [6, 6.07) is 5.98. The van der Waals surface area contributed by atoms with Crippen molar-refractivity contribution in [2.45, 2.75) is 30.7 Å². The third-order valence-corrected chi connectivity index (χ3v) is 4.90. The number of methoxy groups -OCH3 is 1. The van der Waals surface area contributed by atoms with Crippen LogP contribution in [0.15, 0.2) is 29.2 Å². The SMILES string of the molecule is COC(=O)CC1CCON1S(=O)(=O)c1ccc(C)cc1. The number of hydrogen-bond donors (Lipinski definition) is 0. The van der Waals surface area contributed by atoms with E-state index >= 15 is 0 Å². The molecule has 1 aliphatic rings. The van der Waals surface area contributed by atoms with Gasteiger partial charge in [0.1, 0.15) is 0 Å². The van der Waals surface area contributed by atoms with E-state index in [-0.39, 0.29) is 17.9 Å². The zero-order chi connectivity index (χ0) is 14.8. The van der Waals surface area contributed by atoms with Crippen molar-refractivity contribution in [2.24, 2.45) is 0 Å². The van der Waals surface area contributed by atoms with E-state index in [4.69, 9.17) is 4.84 Å². The number of sulfonamides is 1. The van der Waals surface area contributed by atoms with Crippen LogP contribution >= 0.6 is 0 Å². The molecule has 1 aromatic rings. The van der Waals surface area contributed by atoms with Gasteiger partial charge in [-0.15, -0.1) is 0 Å². The molecule has 110 valence electrons. The highest BCUT2D eigenvalue weighted by Crippen LogP contribution is 2.26. The Morgan fingerprint density at radius 2 is 2.05 bits per heavy atom. The van der Waals surface area contributed by atoms with Gasteiger partial charge in [0.2, 0.25) is 0 Å². The summed E-state index contributed by atoms with van der Waals surface area (Å²) < 4.78 is 30.5. The number of esters is 1. The number of rotatable bonds is 4. The van der Waals surface area contributed by atoms with Gasteiger partial charge < -0.3 is 4.74 Å². The van der Waals surface area contributed by atoms with Crippen LogP contribution in [0, 0.1) is 6.92 Å². The van der Waals surface area contributed by atoms with Gasteiger partial charge in [-0.25, -0.2) is 8.42 Å². The van der Waals surface area contributed by atoms with E-state index < -0.39 is 22.0 Å². The molecule has 1 saturated heterocycles. The summed E-state index contributed by atoms with van der Waals surface area (Å²) in [4.78, 5) is 16.7. The van der Waals surface area contributed by atoms with E-state index in [1.807, 2.05) is 6.92 Å². The Hall–Kier alpha value is -1.44. The number of benzene rings is 1. The number of ether oxygens (including phenoxy) is 1. The molecule has 0 N–H and O–H groups in total. The van der Waals surface area contributed by atoms with E-state index in [1.54, 1.807) is 12.1 Å². The van der Waals surface area contributed by atoms with E-state index in [2.05, 4.69) is 4.74 Å². The molecule has 0 bridgehead atoms. The summed E-state index contributed by atoms with van der Waals surface area (Å²) in [6.45, 7) is 2.15. The second kappa shape index (κ2) is 5.90. The highest BCUT2D eigenvalue weighted by molar-refractivity contribution is 7.89. The quantitative estimate of drug-likeness (QED) is 0.782. The average molecular weight is 299 g/mol. The minimum Gasteiger partial charge on any atom is -0.469 e. The molecular weight excluding hydrogens is 282 g/mol. The van der Waals surface area contributed by atoms with Crippen LogP contribution in [0.4, 0.5) is 0 Å². The van der Waals surface area contributed by atoms with Crippen LogP contribution in [0.1, 0.15) is 18.4 Å². The van der Waals surface area contributed by atoms with Crippen LogP contribution in [0.3, 0.4) is 0 Å². The molecule has 1 heterocycles. The minimum absolute atomic E-state index is 0.0123. The molecule has 1 unspecified atom stereocenters. The smallest absolute Gasteiger partial charge is 0.307 e. The van der Waals surface area contributed by atoms with Crippen LogP contribution in [0.25, 0.3) is 0 Å². The number of carbonyl (C=O) groups excluding carboxylic acids is 1. The lowest BCUT2D eigenvalue weighted by molar-refractivity contribution is -0.143. The van der Waals surface area contributed by atoms with Crippen LogP contribution < -0.4 is 0 Å². The highest BCUT2D eigenvalue weighted by atomic mass is 32.2. The van der Waals surface area contributed by atoms with Gasteiger partial charge in [-0.2, -0.15) is 0 Å². The number of nitrogens with zero attached hydrogens (tertiary/aromatic N) is 1. The van der Waals surface area contributed by atoms with Crippen molar-refractivity contribution in [3.05, 3.63) is 29.8 Å². The van der Waals surface area contributed by atoms with Gasteiger partial charge in [0.25, 0.3) is 10.0 Å². The zero-order valence-corrected chi connectivity index (χ0v) is 12.2. The molecule has 0 spiro atoms. The second-order valence-corrected chi connectivity index (χ2v) is 6.41. The molecule has 0 aromatic heterocycles. The molecule has 20 heavy (non-hydrogen) atoms. The maximum Gasteiger partial charge on any atom is 0.307 e. The molecule has 2 rings (SSSR count). The van der Waals surface area contributed by atoms with Crippen LogP contribution in [0.2, 0.25) is 0 Å². The van der Waals surface area contributed by atoms with Crippen LogP contribution in [-0.4, -0.2) is 38.6 Å². The summed E-state index contributed by atoms with van der Waals surface area (Å²) in [6.07, 6.45) is 0.460. The summed E-state index contributed by atoms with van der Waals surface area (Å²) in [5, 5.41) is 0. The first-order valence-corrected chi connectivity index (χ1v) is 7.70. The van der Waals surface area contributed by atoms with Crippen LogP contribution in [-0.2, 0) is 24.4 Å². The normalized spacial score (nSPS) is 20.0. The predicted molar refractivity (Wildman–Crippen MR) is 71.2 cm³/mol. The fourth-order valence-electron chi connectivity index (χ4n) is 2.02. The molecule has 0 saturated carbocycles. The Balaban J connectivity index is 2.24. The third kappa shape index (κ3) is 3.00. The van der Waals surface area contributed by atoms with Crippen molar-refractivity contribution in [3.63, 3.8) is 0 Å². The topological polar surface area (TPSA) is 72.9 Å². The van der Waals surface area contributed by atoms with E-state index in [1.165, 1.54) is 19.2 Å². The van der Waals surface area contributed by atoms with E-state index in [0.717, 1.165) is 10.0 Å². The van der Waals surface area contributed by atoms with Gasteiger partial charge in [-0.3, -0.25) is 9.63 Å². The lowest BCUT2D eigenvalue weighted by Crippen LogP contribution is -2.36. The molecule has 0 amide bonds. The number of hydrogen-bond acceptors (Lipinski definition) is 5. The first kappa shape index (κ1) is 15.0. The van der Waals surface area contributed by atoms with Crippen molar-refractivity contribution in [2.75, 3.05) is 13.7 Å². The van der Waals surface area contributed by atoms with Crippen molar-refractivity contribution in [3.8, 4) is 0 Å². The molecular formula is C13H17NO5S. The molecule has 0 aliphatic carbocycles. The average Bonchev–Trinajstić information content (AvgIpc) is 2.88. The minimum atomic E-state index is -3.76. The largest absolute Gasteiger partial charge is 0.469 e. The fourth-order valence-corrected chi connectivity index (χ4v) is 3.50. The lowest BCUT2D eigenvalue weighted by Gasteiger charge is -2.21. The molecule has 7 heteroatoms. The first-order valence-electron chi connectivity index (χ1n) is 6.26. The third-order valence-electron chi connectivity index (χ3n) is 3.15. The first-order chi connectivity index (χ1) is 9.45. The molecule has 1 aliphatic heterocycles. The Kier molecular flexibility index (Phi) is 4.42. The van der Waals surface area contributed by atoms with E-state index in [0.29, 0.717) is 6.42 Å². The number of aryl methyl sites for hydroxylation is 1. The number of hydroxylamine groups is 1. The van der Waals surface area contributed by atoms with Gasteiger partial charge >= 0.3 is 5.97 Å². The van der Waals surface area contributed by atoms with Gasteiger partial charge in [0.15, 0.2) is 0 Å². The monoisotopic (exact) mass is 299 g/mol. The van der Waals surface area contributed by atoms with Crippen LogP contribution in [0.5, 0.6) is 0 Å². The Labute approximate surface area is 118 Å². The van der Waals surface area contributed by atoms with Gasteiger partial charge in [-0.05, 0) is 25.5 Å². The van der Waals surface area contributed by atoms with Crippen molar-refractivity contribution >= 4 is 16.0 Å². The zero-order valence-electron chi connectivity index (χ0n) is 11.4. The molecule has 1 aromatic carbocycles. The van der Waals surface area contributed by atoms with E-state index in [9.17, 15) is 13.2 Å². The van der Waals surface area contributed by atoms with Crippen molar-refractivity contribution < 1.29 is 22.8 Å². The van der Waals surface area contributed by atoms with Crippen molar-refractivity contribution in [1.29, 1.82) is 0 Å². The molecule has 1 atom stereocenters. The molecule has 1 fully saturated rings.